The Morgan fingerprint density at radius 2 is 2.22 bits per heavy atom. The van der Waals surface area contributed by atoms with Gasteiger partial charge >= 0.3 is 0 Å². The van der Waals surface area contributed by atoms with E-state index in [0.717, 1.165) is 31.1 Å². The van der Waals surface area contributed by atoms with Gasteiger partial charge in [-0.05, 0) is 43.0 Å². The largest absolute Gasteiger partial charge is 0.299 e. The topological polar surface area (TPSA) is 27.0 Å². The smallest absolute Gasteiger partial charge is 0.140 e. The molecule has 0 amide bonds. The number of nitrogens with zero attached hydrogens (tertiary/aromatic N) is 2. The molecule has 0 N–H and O–H groups in total. The first-order valence-electron chi connectivity index (χ1n) is 6.63. The first-order chi connectivity index (χ1) is 8.72. The third-order valence-corrected chi connectivity index (χ3v) is 3.75. The summed E-state index contributed by atoms with van der Waals surface area (Å²) in [5.74, 6) is 0.407. The summed E-state index contributed by atoms with van der Waals surface area (Å²) in [6, 6.07) is 6.73. The Hall–Kier alpha value is -1.40. The van der Waals surface area contributed by atoms with Gasteiger partial charge in [0.2, 0.25) is 0 Å². The van der Waals surface area contributed by atoms with Crippen LogP contribution in [0.15, 0.2) is 18.2 Å². The Morgan fingerprint density at radius 1 is 1.44 bits per heavy atom. The highest BCUT2D eigenvalue weighted by atomic mass is 19.1. The van der Waals surface area contributed by atoms with Crippen molar-refractivity contribution in [3.05, 3.63) is 35.1 Å². The first kappa shape index (κ1) is 13.0. The van der Waals surface area contributed by atoms with Crippen molar-refractivity contribution in [2.75, 3.05) is 13.1 Å². The maximum atomic E-state index is 13.2. The molecule has 0 aliphatic heterocycles. The van der Waals surface area contributed by atoms with Crippen molar-refractivity contribution in [3.8, 4) is 6.07 Å². The second-order valence-corrected chi connectivity index (χ2v) is 5.05. The monoisotopic (exact) mass is 246 g/mol. The molecule has 0 atom stereocenters. The lowest BCUT2D eigenvalue weighted by molar-refractivity contribution is 0.178. The third kappa shape index (κ3) is 3.08. The SMILES string of the molecule is CCN(Cc1ccc(F)c(C#N)c1)CC1CCC1. The second kappa shape index (κ2) is 5.97. The maximum absolute atomic E-state index is 13.2. The molecule has 18 heavy (non-hydrogen) atoms. The quantitative estimate of drug-likeness (QED) is 0.797. The van der Waals surface area contributed by atoms with E-state index in [1.807, 2.05) is 6.07 Å². The van der Waals surface area contributed by atoms with Crippen molar-refractivity contribution in [2.45, 2.75) is 32.7 Å². The van der Waals surface area contributed by atoms with Crippen LogP contribution in [0.2, 0.25) is 0 Å². The Kier molecular flexibility index (Phi) is 4.33. The van der Waals surface area contributed by atoms with Gasteiger partial charge in [-0.3, -0.25) is 4.90 Å². The molecule has 1 aromatic carbocycles. The minimum atomic E-state index is -0.428. The van der Waals surface area contributed by atoms with E-state index in [9.17, 15) is 4.39 Å². The Balaban J connectivity index is 2.00. The molecule has 0 bridgehead atoms. The average molecular weight is 246 g/mol. The highest BCUT2D eigenvalue weighted by Crippen LogP contribution is 2.27. The van der Waals surface area contributed by atoms with E-state index in [0.29, 0.717) is 0 Å². The van der Waals surface area contributed by atoms with Gasteiger partial charge < -0.3 is 0 Å². The molecule has 1 aliphatic rings. The molecule has 1 fully saturated rings. The van der Waals surface area contributed by atoms with Gasteiger partial charge in [0.25, 0.3) is 0 Å². The zero-order valence-corrected chi connectivity index (χ0v) is 10.8. The summed E-state index contributed by atoms with van der Waals surface area (Å²) >= 11 is 0. The molecule has 96 valence electrons. The summed E-state index contributed by atoms with van der Waals surface area (Å²) in [5, 5.41) is 8.82. The van der Waals surface area contributed by atoms with Gasteiger partial charge in [0.15, 0.2) is 0 Å². The summed E-state index contributed by atoms with van der Waals surface area (Å²) in [6.45, 7) is 5.07. The Labute approximate surface area is 108 Å². The number of nitriles is 1. The van der Waals surface area contributed by atoms with E-state index in [-0.39, 0.29) is 5.56 Å². The van der Waals surface area contributed by atoms with Crippen LogP contribution in [-0.4, -0.2) is 18.0 Å². The summed E-state index contributed by atoms with van der Waals surface area (Å²) in [5.41, 5.74) is 1.17. The van der Waals surface area contributed by atoms with Crippen LogP contribution in [0.4, 0.5) is 4.39 Å². The molecule has 0 heterocycles. The highest BCUT2D eigenvalue weighted by Gasteiger charge is 2.20. The number of rotatable bonds is 5. The Morgan fingerprint density at radius 3 is 2.78 bits per heavy atom. The van der Waals surface area contributed by atoms with E-state index in [2.05, 4.69) is 11.8 Å². The van der Waals surface area contributed by atoms with Crippen molar-refractivity contribution >= 4 is 0 Å². The molecular weight excluding hydrogens is 227 g/mol. The average Bonchev–Trinajstić information content (AvgIpc) is 2.34. The fourth-order valence-electron chi connectivity index (χ4n) is 2.36. The van der Waals surface area contributed by atoms with Crippen molar-refractivity contribution in [1.29, 1.82) is 5.26 Å². The van der Waals surface area contributed by atoms with Crippen LogP contribution in [0.3, 0.4) is 0 Å². The molecule has 2 nitrogen and oxygen atoms in total. The summed E-state index contributed by atoms with van der Waals surface area (Å²) in [6.07, 6.45) is 4.03. The summed E-state index contributed by atoms with van der Waals surface area (Å²) in [4.78, 5) is 2.37. The zero-order chi connectivity index (χ0) is 13.0. The molecule has 1 aliphatic carbocycles. The van der Waals surface area contributed by atoms with Crippen LogP contribution < -0.4 is 0 Å². The minimum absolute atomic E-state index is 0.146. The number of hydrogen-bond donors (Lipinski definition) is 0. The fourth-order valence-corrected chi connectivity index (χ4v) is 2.36. The molecule has 2 rings (SSSR count). The molecule has 0 spiro atoms. The van der Waals surface area contributed by atoms with Crippen LogP contribution in [0.25, 0.3) is 0 Å². The van der Waals surface area contributed by atoms with Crippen LogP contribution in [-0.2, 0) is 6.54 Å². The van der Waals surface area contributed by atoms with Gasteiger partial charge in [-0.2, -0.15) is 5.26 Å². The lowest BCUT2D eigenvalue weighted by Crippen LogP contribution is -2.32. The summed E-state index contributed by atoms with van der Waals surface area (Å²) < 4.78 is 13.2. The van der Waals surface area contributed by atoms with Crippen molar-refractivity contribution in [2.24, 2.45) is 5.92 Å². The molecule has 0 saturated heterocycles. The number of hydrogen-bond acceptors (Lipinski definition) is 2. The van der Waals surface area contributed by atoms with E-state index in [1.165, 1.54) is 25.3 Å². The minimum Gasteiger partial charge on any atom is -0.299 e. The van der Waals surface area contributed by atoms with Gasteiger partial charge in [0.05, 0.1) is 5.56 Å². The molecule has 1 saturated carbocycles. The fraction of sp³-hybridized carbons (Fsp3) is 0.533. The van der Waals surface area contributed by atoms with Gasteiger partial charge in [0.1, 0.15) is 11.9 Å². The lowest BCUT2D eigenvalue weighted by Gasteiger charge is -2.31. The maximum Gasteiger partial charge on any atom is 0.140 e. The van der Waals surface area contributed by atoms with Crippen molar-refractivity contribution in [1.82, 2.24) is 4.90 Å². The van der Waals surface area contributed by atoms with E-state index < -0.39 is 5.82 Å². The standard InChI is InChI=1S/C15H19FN2/c1-2-18(10-12-4-3-5-12)11-13-6-7-15(16)14(8-13)9-17/h6-8,12H,2-5,10-11H2,1H3. The van der Waals surface area contributed by atoms with Gasteiger partial charge in [-0.25, -0.2) is 4.39 Å². The zero-order valence-electron chi connectivity index (χ0n) is 10.8. The highest BCUT2D eigenvalue weighted by molar-refractivity contribution is 5.34. The number of halogens is 1. The molecular formula is C15H19FN2. The predicted molar refractivity (Wildman–Crippen MR) is 69.4 cm³/mol. The van der Waals surface area contributed by atoms with Crippen LogP contribution in [0.5, 0.6) is 0 Å². The molecule has 0 radical (unpaired) electrons. The van der Waals surface area contributed by atoms with Crippen LogP contribution in [0, 0.1) is 23.1 Å². The first-order valence-corrected chi connectivity index (χ1v) is 6.63. The van der Waals surface area contributed by atoms with Crippen molar-refractivity contribution in [3.63, 3.8) is 0 Å². The molecule has 0 aromatic heterocycles. The van der Waals surface area contributed by atoms with E-state index >= 15 is 0 Å². The molecule has 3 heteroatoms. The van der Waals surface area contributed by atoms with E-state index in [4.69, 9.17) is 5.26 Å². The molecule has 1 aromatic rings. The van der Waals surface area contributed by atoms with Crippen LogP contribution in [0.1, 0.15) is 37.3 Å². The van der Waals surface area contributed by atoms with Gasteiger partial charge in [-0.1, -0.05) is 19.4 Å². The normalized spacial score (nSPS) is 15.4. The Bertz CT molecular complexity index is 446. The van der Waals surface area contributed by atoms with E-state index in [1.54, 1.807) is 12.1 Å². The third-order valence-electron chi connectivity index (χ3n) is 3.75. The second-order valence-electron chi connectivity index (χ2n) is 5.05. The van der Waals surface area contributed by atoms with Crippen molar-refractivity contribution < 1.29 is 4.39 Å². The number of benzene rings is 1. The summed E-state index contributed by atoms with van der Waals surface area (Å²) in [7, 11) is 0. The predicted octanol–water partition coefficient (Wildman–Crippen LogP) is 3.32. The van der Waals surface area contributed by atoms with Gasteiger partial charge in [-0.15, -0.1) is 0 Å². The lowest BCUT2D eigenvalue weighted by atomic mass is 9.85. The van der Waals surface area contributed by atoms with Crippen LogP contribution >= 0.6 is 0 Å². The van der Waals surface area contributed by atoms with Gasteiger partial charge in [0, 0.05) is 13.1 Å². The molecule has 0 unspecified atom stereocenters.